The third-order valence-electron chi connectivity index (χ3n) is 2.37. The van der Waals surface area contributed by atoms with Crippen molar-refractivity contribution in [2.45, 2.75) is 26.2 Å². The van der Waals surface area contributed by atoms with Gasteiger partial charge in [-0.25, -0.2) is 0 Å². The van der Waals surface area contributed by atoms with Crippen LogP contribution in [0.25, 0.3) is 0 Å². The summed E-state index contributed by atoms with van der Waals surface area (Å²) in [5, 5.41) is 6.89. The Hall–Kier alpha value is -1.52. The number of aryl methyl sites for hydroxylation is 1. The summed E-state index contributed by atoms with van der Waals surface area (Å²) in [6, 6.07) is 1.84. The van der Waals surface area contributed by atoms with Gasteiger partial charge in [-0.2, -0.15) is 5.10 Å². The van der Waals surface area contributed by atoms with Crippen molar-refractivity contribution in [2.24, 2.45) is 7.05 Å². The first-order chi connectivity index (χ1) is 6.83. The molecule has 0 unspecified atom stereocenters. The van der Waals surface area contributed by atoms with Gasteiger partial charge in [-0.05, 0) is 0 Å². The molecule has 0 aliphatic rings. The maximum atomic E-state index is 10.9. The molecule has 0 aliphatic carbocycles. The molecule has 0 atom stereocenters. The van der Waals surface area contributed by atoms with Crippen molar-refractivity contribution in [3.05, 3.63) is 11.8 Å². The van der Waals surface area contributed by atoms with Crippen LogP contribution in [0.1, 0.15) is 26.5 Å². The van der Waals surface area contributed by atoms with Gasteiger partial charge >= 0.3 is 0 Å². The number of aromatic nitrogens is 2. The molecule has 0 aliphatic heterocycles. The minimum atomic E-state index is -0.176. The second kappa shape index (κ2) is 3.92. The zero-order valence-corrected chi connectivity index (χ0v) is 9.66. The number of nitrogens with two attached hydrogens (primary N) is 1. The molecule has 0 aromatic carbocycles. The molecule has 1 heterocycles. The Morgan fingerprint density at radius 1 is 1.67 bits per heavy atom. The molecule has 1 rings (SSSR count). The van der Waals surface area contributed by atoms with Crippen LogP contribution in [0.5, 0.6) is 0 Å². The van der Waals surface area contributed by atoms with Crippen molar-refractivity contribution in [3.8, 4) is 0 Å². The predicted molar refractivity (Wildman–Crippen MR) is 59.3 cm³/mol. The topological polar surface area (TPSA) is 72.9 Å². The molecule has 84 valence electrons. The maximum Gasteiger partial charge on any atom is 0.216 e. The van der Waals surface area contributed by atoms with Crippen LogP contribution in [-0.4, -0.2) is 22.2 Å². The van der Waals surface area contributed by atoms with E-state index >= 15 is 0 Å². The van der Waals surface area contributed by atoms with Gasteiger partial charge in [0.2, 0.25) is 5.91 Å². The largest absolute Gasteiger partial charge is 0.382 e. The van der Waals surface area contributed by atoms with Gasteiger partial charge in [-0.1, -0.05) is 13.8 Å². The molecule has 15 heavy (non-hydrogen) atoms. The summed E-state index contributed by atoms with van der Waals surface area (Å²) in [5.41, 5.74) is 6.45. The molecule has 0 fully saturated rings. The van der Waals surface area contributed by atoms with Crippen LogP contribution in [0.4, 0.5) is 5.82 Å². The van der Waals surface area contributed by atoms with Gasteiger partial charge in [0, 0.05) is 37.7 Å². The maximum absolute atomic E-state index is 10.9. The summed E-state index contributed by atoms with van der Waals surface area (Å²) in [5.74, 6) is 0.474. The summed E-state index contributed by atoms with van der Waals surface area (Å²) >= 11 is 0. The van der Waals surface area contributed by atoms with Crippen molar-refractivity contribution < 1.29 is 4.79 Å². The molecule has 1 aromatic rings. The smallest absolute Gasteiger partial charge is 0.216 e. The molecule has 0 radical (unpaired) electrons. The Bertz CT molecular complexity index is 367. The van der Waals surface area contributed by atoms with E-state index in [0.717, 1.165) is 5.69 Å². The third kappa shape index (κ3) is 2.71. The molecule has 0 saturated carbocycles. The lowest BCUT2D eigenvalue weighted by molar-refractivity contribution is -0.119. The SMILES string of the molecule is CC(=O)NCC(C)(C)c1cc(N)nn1C. The Labute approximate surface area is 89.6 Å². The molecule has 3 N–H and O–H groups in total. The second-order valence-electron chi connectivity index (χ2n) is 4.37. The molecule has 1 amide bonds. The first-order valence-corrected chi connectivity index (χ1v) is 4.87. The van der Waals surface area contributed by atoms with Gasteiger partial charge in [0.1, 0.15) is 5.82 Å². The lowest BCUT2D eigenvalue weighted by atomic mass is 9.89. The van der Waals surface area contributed by atoms with Crippen LogP contribution >= 0.6 is 0 Å². The summed E-state index contributed by atoms with van der Waals surface area (Å²) in [4.78, 5) is 10.9. The van der Waals surface area contributed by atoms with E-state index in [1.807, 2.05) is 27.0 Å². The highest BCUT2D eigenvalue weighted by Gasteiger charge is 2.24. The quantitative estimate of drug-likeness (QED) is 0.759. The number of nitrogens with zero attached hydrogens (tertiary/aromatic N) is 2. The highest BCUT2D eigenvalue weighted by atomic mass is 16.1. The van der Waals surface area contributed by atoms with Crippen molar-refractivity contribution in [1.82, 2.24) is 15.1 Å². The second-order valence-corrected chi connectivity index (χ2v) is 4.37. The molecule has 0 saturated heterocycles. The fourth-order valence-corrected chi connectivity index (χ4v) is 1.56. The number of hydrogen-bond donors (Lipinski definition) is 2. The highest BCUT2D eigenvalue weighted by Crippen LogP contribution is 2.23. The first kappa shape index (κ1) is 11.6. The van der Waals surface area contributed by atoms with E-state index in [0.29, 0.717) is 12.4 Å². The van der Waals surface area contributed by atoms with E-state index in [4.69, 9.17) is 5.73 Å². The number of hydrogen-bond acceptors (Lipinski definition) is 3. The van der Waals surface area contributed by atoms with E-state index in [1.165, 1.54) is 6.92 Å². The standard InChI is InChI=1S/C10H18N4O/c1-7(15)12-6-10(2,3)8-5-9(11)13-14(8)4/h5H,6H2,1-4H3,(H2,11,13)(H,12,15). The fourth-order valence-electron chi connectivity index (χ4n) is 1.56. The zero-order valence-electron chi connectivity index (χ0n) is 9.66. The molecular weight excluding hydrogens is 192 g/mol. The normalized spacial score (nSPS) is 11.5. The predicted octanol–water partition coefficient (Wildman–Crippen LogP) is 0.416. The van der Waals surface area contributed by atoms with Crippen LogP contribution in [-0.2, 0) is 17.3 Å². The van der Waals surface area contributed by atoms with E-state index in [2.05, 4.69) is 10.4 Å². The van der Waals surface area contributed by atoms with Gasteiger partial charge in [-0.3, -0.25) is 9.48 Å². The zero-order chi connectivity index (χ0) is 11.6. The van der Waals surface area contributed by atoms with E-state index in [-0.39, 0.29) is 11.3 Å². The van der Waals surface area contributed by atoms with Crippen molar-refractivity contribution >= 4 is 11.7 Å². The molecule has 0 spiro atoms. The number of carbonyl (C=O) groups is 1. The molecule has 1 aromatic heterocycles. The van der Waals surface area contributed by atoms with Crippen LogP contribution in [0, 0.1) is 0 Å². The van der Waals surface area contributed by atoms with E-state index in [9.17, 15) is 4.79 Å². The van der Waals surface area contributed by atoms with Crippen molar-refractivity contribution in [1.29, 1.82) is 0 Å². The summed E-state index contributed by atoms with van der Waals surface area (Å²) < 4.78 is 1.75. The third-order valence-corrected chi connectivity index (χ3v) is 2.37. The van der Waals surface area contributed by atoms with Crippen LogP contribution in [0.15, 0.2) is 6.07 Å². The van der Waals surface area contributed by atoms with Crippen LogP contribution in [0.3, 0.4) is 0 Å². The van der Waals surface area contributed by atoms with Gasteiger partial charge in [0.05, 0.1) is 0 Å². The lowest BCUT2D eigenvalue weighted by Gasteiger charge is -2.24. The summed E-state index contributed by atoms with van der Waals surface area (Å²) in [6.45, 7) is 6.16. The Morgan fingerprint density at radius 3 is 2.67 bits per heavy atom. The van der Waals surface area contributed by atoms with Gasteiger partial charge in [0.15, 0.2) is 0 Å². The number of anilines is 1. The lowest BCUT2D eigenvalue weighted by Crippen LogP contribution is -2.36. The van der Waals surface area contributed by atoms with Gasteiger partial charge in [-0.15, -0.1) is 0 Å². The number of nitrogen functional groups attached to an aromatic ring is 1. The summed E-state index contributed by atoms with van der Waals surface area (Å²) in [7, 11) is 1.85. The summed E-state index contributed by atoms with van der Waals surface area (Å²) in [6.07, 6.45) is 0. The van der Waals surface area contributed by atoms with E-state index in [1.54, 1.807) is 4.68 Å². The average molecular weight is 210 g/mol. The molecule has 5 heteroatoms. The minimum Gasteiger partial charge on any atom is -0.382 e. The van der Waals surface area contributed by atoms with Crippen LogP contribution in [0.2, 0.25) is 0 Å². The van der Waals surface area contributed by atoms with Gasteiger partial charge < -0.3 is 11.1 Å². The molecule has 5 nitrogen and oxygen atoms in total. The Morgan fingerprint density at radius 2 is 2.27 bits per heavy atom. The molecular formula is C10H18N4O. The van der Waals surface area contributed by atoms with Crippen molar-refractivity contribution in [2.75, 3.05) is 12.3 Å². The number of amides is 1. The average Bonchev–Trinajstić information content (AvgIpc) is 2.43. The number of carbonyl (C=O) groups excluding carboxylic acids is 1. The van der Waals surface area contributed by atoms with E-state index < -0.39 is 0 Å². The van der Waals surface area contributed by atoms with Crippen molar-refractivity contribution in [3.63, 3.8) is 0 Å². The Balaban J connectivity index is 2.85. The monoisotopic (exact) mass is 210 g/mol. The minimum absolute atomic E-state index is 0.0294. The number of rotatable bonds is 3. The Kier molecular flexibility index (Phi) is 3.02. The van der Waals surface area contributed by atoms with Gasteiger partial charge in [0.25, 0.3) is 0 Å². The fraction of sp³-hybridized carbons (Fsp3) is 0.600. The first-order valence-electron chi connectivity index (χ1n) is 4.87. The van der Waals surface area contributed by atoms with Crippen LogP contribution < -0.4 is 11.1 Å². The molecule has 0 bridgehead atoms. The highest BCUT2D eigenvalue weighted by molar-refractivity contribution is 5.72. The number of nitrogens with one attached hydrogen (secondary N) is 1.